The van der Waals surface area contributed by atoms with Gasteiger partial charge in [-0.2, -0.15) is 0 Å². The Morgan fingerprint density at radius 2 is 1.53 bits per heavy atom. The van der Waals surface area contributed by atoms with Crippen LogP contribution in [-0.4, -0.2) is 25.2 Å². The van der Waals surface area contributed by atoms with Crippen molar-refractivity contribution in [1.82, 2.24) is 0 Å². The van der Waals surface area contributed by atoms with E-state index in [4.69, 9.17) is 21.1 Å². The molecule has 1 aromatic rings. The first-order valence-electron chi connectivity index (χ1n) is 5.90. The second-order valence-electron chi connectivity index (χ2n) is 3.55. The normalized spacial score (nSPS) is 9.63. The molecule has 0 radical (unpaired) electrons. The second kappa shape index (κ2) is 7.59. The molecular formula is C14H15ClO4. The number of carbonyl (C=O) groups is 2. The summed E-state index contributed by atoms with van der Waals surface area (Å²) < 4.78 is 9.67. The minimum Gasteiger partial charge on any atom is -0.462 e. The van der Waals surface area contributed by atoms with E-state index in [1.807, 2.05) is 0 Å². The highest BCUT2D eigenvalue weighted by Gasteiger charge is 2.20. The molecule has 19 heavy (non-hydrogen) atoms. The topological polar surface area (TPSA) is 52.6 Å². The number of hydrogen-bond donors (Lipinski definition) is 0. The van der Waals surface area contributed by atoms with Crippen LogP contribution in [0.25, 0.3) is 6.08 Å². The SMILES string of the molecule is CCOC(=O)C(=Cc1ccc(Cl)cc1)C(=O)OCC. The first kappa shape index (κ1) is 15.2. The molecule has 0 aliphatic rings. The van der Waals surface area contributed by atoms with Crippen LogP contribution < -0.4 is 0 Å². The molecule has 0 amide bonds. The van der Waals surface area contributed by atoms with Crippen LogP contribution in [0.15, 0.2) is 29.8 Å². The maximum atomic E-state index is 11.7. The summed E-state index contributed by atoms with van der Waals surface area (Å²) in [7, 11) is 0. The highest BCUT2D eigenvalue weighted by molar-refractivity contribution is 6.30. The van der Waals surface area contributed by atoms with E-state index in [2.05, 4.69) is 0 Å². The quantitative estimate of drug-likeness (QED) is 0.361. The molecule has 0 saturated heterocycles. The Balaban J connectivity index is 3.04. The lowest BCUT2D eigenvalue weighted by Crippen LogP contribution is -2.18. The molecule has 5 heteroatoms. The van der Waals surface area contributed by atoms with Gasteiger partial charge in [-0.3, -0.25) is 0 Å². The summed E-state index contributed by atoms with van der Waals surface area (Å²) in [4.78, 5) is 23.4. The summed E-state index contributed by atoms with van der Waals surface area (Å²) in [5.74, 6) is -1.40. The third-order valence-corrected chi connectivity index (χ3v) is 2.42. The minimum absolute atomic E-state index is 0.133. The molecule has 4 nitrogen and oxygen atoms in total. The van der Waals surface area contributed by atoms with Crippen molar-refractivity contribution in [2.45, 2.75) is 13.8 Å². The Labute approximate surface area is 117 Å². The Kier molecular flexibility index (Phi) is 6.09. The van der Waals surface area contributed by atoms with Gasteiger partial charge in [0.1, 0.15) is 5.57 Å². The number of esters is 2. The summed E-state index contributed by atoms with van der Waals surface area (Å²) >= 11 is 5.77. The Morgan fingerprint density at radius 3 is 1.95 bits per heavy atom. The average Bonchev–Trinajstić information content (AvgIpc) is 2.38. The zero-order chi connectivity index (χ0) is 14.3. The van der Waals surface area contributed by atoms with E-state index >= 15 is 0 Å². The number of halogens is 1. The van der Waals surface area contributed by atoms with Crippen LogP contribution in [0.3, 0.4) is 0 Å². The van der Waals surface area contributed by atoms with Crippen LogP contribution in [-0.2, 0) is 19.1 Å². The summed E-state index contributed by atoms with van der Waals surface area (Å²) in [5.41, 5.74) is 0.534. The van der Waals surface area contributed by atoms with Crippen molar-refractivity contribution in [2.24, 2.45) is 0 Å². The van der Waals surface area contributed by atoms with Crippen molar-refractivity contribution in [3.8, 4) is 0 Å². The molecule has 0 fully saturated rings. The largest absolute Gasteiger partial charge is 0.462 e. The van der Waals surface area contributed by atoms with Gasteiger partial charge in [0.15, 0.2) is 0 Å². The molecule has 0 spiro atoms. The van der Waals surface area contributed by atoms with Crippen LogP contribution in [0.2, 0.25) is 5.02 Å². The standard InChI is InChI=1S/C14H15ClO4/c1-3-18-13(16)12(14(17)19-4-2)9-10-5-7-11(15)8-6-10/h5-9H,3-4H2,1-2H3. The monoisotopic (exact) mass is 282 g/mol. The fourth-order valence-corrected chi connectivity index (χ4v) is 1.47. The van der Waals surface area contributed by atoms with Crippen LogP contribution in [0.5, 0.6) is 0 Å². The van der Waals surface area contributed by atoms with Crippen molar-refractivity contribution in [1.29, 1.82) is 0 Å². The highest BCUT2D eigenvalue weighted by Crippen LogP contribution is 2.14. The first-order valence-corrected chi connectivity index (χ1v) is 6.27. The van der Waals surface area contributed by atoms with Crippen LogP contribution in [0.4, 0.5) is 0 Å². The molecule has 0 unspecified atom stereocenters. The van der Waals surface area contributed by atoms with E-state index in [9.17, 15) is 9.59 Å². The van der Waals surface area contributed by atoms with Crippen molar-refractivity contribution in [3.63, 3.8) is 0 Å². The number of hydrogen-bond acceptors (Lipinski definition) is 4. The van der Waals surface area contributed by atoms with Gasteiger partial charge < -0.3 is 9.47 Å². The maximum Gasteiger partial charge on any atom is 0.345 e. The molecule has 0 N–H and O–H groups in total. The van der Waals surface area contributed by atoms with Crippen molar-refractivity contribution in [2.75, 3.05) is 13.2 Å². The zero-order valence-corrected chi connectivity index (χ0v) is 11.6. The number of benzene rings is 1. The van der Waals surface area contributed by atoms with Crippen molar-refractivity contribution in [3.05, 3.63) is 40.4 Å². The van der Waals surface area contributed by atoms with Crippen LogP contribution in [0.1, 0.15) is 19.4 Å². The third kappa shape index (κ3) is 4.75. The van der Waals surface area contributed by atoms with Gasteiger partial charge in [0, 0.05) is 5.02 Å². The summed E-state index contributed by atoms with van der Waals surface area (Å²) in [6.45, 7) is 3.72. The lowest BCUT2D eigenvalue weighted by atomic mass is 10.1. The molecule has 0 aliphatic carbocycles. The van der Waals surface area contributed by atoms with Gasteiger partial charge in [-0.25, -0.2) is 9.59 Å². The van der Waals surface area contributed by atoms with Crippen LogP contribution >= 0.6 is 11.6 Å². The second-order valence-corrected chi connectivity index (χ2v) is 3.99. The Hall–Kier alpha value is -1.81. The fourth-order valence-electron chi connectivity index (χ4n) is 1.34. The number of carbonyl (C=O) groups excluding carboxylic acids is 2. The number of ether oxygens (including phenoxy) is 2. The molecule has 0 aromatic heterocycles. The smallest absolute Gasteiger partial charge is 0.345 e. The van der Waals surface area contributed by atoms with Gasteiger partial charge in [-0.15, -0.1) is 0 Å². The van der Waals surface area contributed by atoms with E-state index in [0.717, 1.165) is 0 Å². The fraction of sp³-hybridized carbons (Fsp3) is 0.286. The van der Waals surface area contributed by atoms with Crippen LogP contribution in [0, 0.1) is 0 Å². The van der Waals surface area contributed by atoms with Crippen molar-refractivity contribution >= 4 is 29.6 Å². The predicted molar refractivity (Wildman–Crippen MR) is 72.7 cm³/mol. The predicted octanol–water partition coefficient (Wildman–Crippen LogP) is 2.85. The maximum absolute atomic E-state index is 11.7. The Bertz CT molecular complexity index is 457. The van der Waals surface area contributed by atoms with Gasteiger partial charge >= 0.3 is 11.9 Å². The lowest BCUT2D eigenvalue weighted by molar-refractivity contribution is -0.146. The molecular weight excluding hydrogens is 268 g/mol. The van der Waals surface area contributed by atoms with E-state index in [-0.39, 0.29) is 18.8 Å². The average molecular weight is 283 g/mol. The first-order chi connectivity index (χ1) is 9.08. The molecule has 1 aromatic carbocycles. The van der Waals surface area contributed by atoms with Gasteiger partial charge in [-0.05, 0) is 37.6 Å². The molecule has 1 rings (SSSR count). The van der Waals surface area contributed by atoms with Gasteiger partial charge in [0.25, 0.3) is 0 Å². The van der Waals surface area contributed by atoms with E-state index < -0.39 is 11.9 Å². The lowest BCUT2D eigenvalue weighted by Gasteiger charge is -2.06. The van der Waals surface area contributed by atoms with Crippen molar-refractivity contribution < 1.29 is 19.1 Å². The zero-order valence-electron chi connectivity index (χ0n) is 10.8. The molecule has 0 aliphatic heterocycles. The van der Waals surface area contributed by atoms with E-state index in [1.165, 1.54) is 6.08 Å². The highest BCUT2D eigenvalue weighted by atomic mass is 35.5. The van der Waals surface area contributed by atoms with E-state index in [1.54, 1.807) is 38.1 Å². The summed E-state index contributed by atoms with van der Waals surface area (Å²) in [5, 5.41) is 0.575. The summed E-state index contributed by atoms with van der Waals surface area (Å²) in [6, 6.07) is 6.73. The van der Waals surface area contributed by atoms with Gasteiger partial charge in [0.2, 0.25) is 0 Å². The molecule has 0 heterocycles. The van der Waals surface area contributed by atoms with E-state index in [0.29, 0.717) is 10.6 Å². The molecule has 102 valence electrons. The summed E-state index contributed by atoms with van der Waals surface area (Å²) in [6.07, 6.45) is 1.42. The molecule has 0 bridgehead atoms. The minimum atomic E-state index is -0.698. The van der Waals surface area contributed by atoms with Gasteiger partial charge in [-0.1, -0.05) is 23.7 Å². The molecule has 0 atom stereocenters. The Morgan fingerprint density at radius 1 is 1.05 bits per heavy atom. The van der Waals surface area contributed by atoms with Gasteiger partial charge in [0.05, 0.1) is 13.2 Å². The number of rotatable bonds is 5. The third-order valence-electron chi connectivity index (χ3n) is 2.17. The molecule has 0 saturated carbocycles.